The van der Waals surface area contributed by atoms with Crippen LogP contribution in [0.3, 0.4) is 0 Å². The average molecular weight is 204 g/mol. The molecule has 0 saturated carbocycles. The van der Waals surface area contributed by atoms with Crippen molar-refractivity contribution in [1.82, 2.24) is 0 Å². The summed E-state index contributed by atoms with van der Waals surface area (Å²) in [5.41, 5.74) is -0.411. The highest BCUT2D eigenvalue weighted by molar-refractivity contribution is 5.72. The molecule has 0 radical (unpaired) electrons. The molecule has 4 heteroatoms. The summed E-state index contributed by atoms with van der Waals surface area (Å²) in [4.78, 5) is 15.4. The zero-order valence-electron chi connectivity index (χ0n) is 9.37. The molecule has 0 aliphatic heterocycles. The Hall–Kier alpha value is -0.610. The van der Waals surface area contributed by atoms with Gasteiger partial charge in [-0.2, -0.15) is 0 Å². The quantitative estimate of drug-likeness (QED) is 0.409. The summed E-state index contributed by atoms with van der Waals surface area (Å²) in [6.45, 7) is 7.63. The number of hydrogen-bond acceptors (Lipinski definition) is 4. The molecule has 0 spiro atoms. The van der Waals surface area contributed by atoms with Crippen molar-refractivity contribution >= 4 is 5.97 Å². The van der Waals surface area contributed by atoms with E-state index in [0.29, 0.717) is 6.42 Å². The standard InChI is InChI=1S/C10H20O4/c1-5-10(3,4)14-9(11)8(2)6-7-13-12/h8,12H,5-7H2,1-4H3. The van der Waals surface area contributed by atoms with Gasteiger partial charge in [-0.15, -0.1) is 0 Å². The van der Waals surface area contributed by atoms with Crippen molar-refractivity contribution in [3.63, 3.8) is 0 Å². The van der Waals surface area contributed by atoms with Crippen LogP contribution in [0.25, 0.3) is 0 Å². The van der Waals surface area contributed by atoms with Crippen LogP contribution in [-0.4, -0.2) is 23.4 Å². The van der Waals surface area contributed by atoms with E-state index >= 15 is 0 Å². The van der Waals surface area contributed by atoms with Gasteiger partial charge in [-0.05, 0) is 26.7 Å². The first kappa shape index (κ1) is 13.4. The number of carbonyl (C=O) groups is 1. The molecule has 0 heterocycles. The second kappa shape index (κ2) is 5.98. The Morgan fingerprint density at radius 3 is 2.50 bits per heavy atom. The Morgan fingerprint density at radius 1 is 1.50 bits per heavy atom. The zero-order valence-corrected chi connectivity index (χ0v) is 9.37. The summed E-state index contributed by atoms with van der Waals surface area (Å²) >= 11 is 0. The molecule has 0 aromatic rings. The summed E-state index contributed by atoms with van der Waals surface area (Å²) in [7, 11) is 0. The number of hydrogen-bond donors (Lipinski definition) is 1. The van der Waals surface area contributed by atoms with Crippen LogP contribution in [0.4, 0.5) is 0 Å². The molecule has 0 aliphatic rings. The van der Waals surface area contributed by atoms with E-state index < -0.39 is 5.60 Å². The molecule has 0 rings (SSSR count). The van der Waals surface area contributed by atoms with Crippen molar-refractivity contribution in [3.05, 3.63) is 0 Å². The fraction of sp³-hybridized carbons (Fsp3) is 0.900. The van der Waals surface area contributed by atoms with E-state index in [4.69, 9.17) is 9.99 Å². The molecule has 0 amide bonds. The van der Waals surface area contributed by atoms with Gasteiger partial charge in [0.25, 0.3) is 0 Å². The Morgan fingerprint density at radius 2 is 2.07 bits per heavy atom. The smallest absolute Gasteiger partial charge is 0.309 e. The summed E-state index contributed by atoms with van der Waals surface area (Å²) in [6.07, 6.45) is 1.25. The van der Waals surface area contributed by atoms with Crippen molar-refractivity contribution in [2.75, 3.05) is 6.61 Å². The lowest BCUT2D eigenvalue weighted by atomic mass is 10.1. The van der Waals surface area contributed by atoms with Gasteiger partial charge in [0.15, 0.2) is 0 Å². The third-order valence-corrected chi connectivity index (χ3v) is 2.27. The predicted octanol–water partition coefficient (Wildman–Crippen LogP) is 2.23. The molecule has 0 saturated heterocycles. The van der Waals surface area contributed by atoms with Gasteiger partial charge in [-0.25, -0.2) is 4.89 Å². The summed E-state index contributed by atoms with van der Waals surface area (Å²) in [5, 5.41) is 8.12. The van der Waals surface area contributed by atoms with Gasteiger partial charge in [0.05, 0.1) is 12.5 Å². The van der Waals surface area contributed by atoms with Crippen LogP contribution in [-0.2, 0) is 14.4 Å². The molecule has 1 atom stereocenters. The SMILES string of the molecule is CCC(C)(C)OC(=O)C(C)CCOO. The minimum atomic E-state index is -0.411. The fourth-order valence-corrected chi connectivity index (χ4v) is 0.792. The monoisotopic (exact) mass is 204 g/mol. The van der Waals surface area contributed by atoms with Crippen LogP contribution >= 0.6 is 0 Å². The number of carbonyl (C=O) groups excluding carboxylic acids is 1. The highest BCUT2D eigenvalue weighted by Gasteiger charge is 2.23. The molecule has 0 aromatic heterocycles. The van der Waals surface area contributed by atoms with Crippen molar-refractivity contribution < 1.29 is 19.7 Å². The average Bonchev–Trinajstić information content (AvgIpc) is 2.13. The molecule has 1 unspecified atom stereocenters. The molecule has 4 nitrogen and oxygen atoms in total. The van der Waals surface area contributed by atoms with Crippen LogP contribution in [0, 0.1) is 5.92 Å². The molecule has 14 heavy (non-hydrogen) atoms. The Bertz CT molecular complexity index is 177. The first-order chi connectivity index (χ1) is 6.43. The molecule has 84 valence electrons. The number of esters is 1. The first-order valence-corrected chi connectivity index (χ1v) is 4.92. The molecule has 0 fully saturated rings. The second-order valence-electron chi connectivity index (χ2n) is 4.06. The third-order valence-electron chi connectivity index (χ3n) is 2.27. The number of ether oxygens (including phenoxy) is 1. The lowest BCUT2D eigenvalue weighted by molar-refractivity contribution is -0.244. The third kappa shape index (κ3) is 5.19. The molecule has 0 aromatic carbocycles. The van der Waals surface area contributed by atoms with E-state index in [1.54, 1.807) is 6.92 Å². The van der Waals surface area contributed by atoms with Gasteiger partial charge in [-0.1, -0.05) is 13.8 Å². The maximum atomic E-state index is 11.5. The summed E-state index contributed by atoms with van der Waals surface area (Å²) in [6, 6.07) is 0. The van der Waals surface area contributed by atoms with E-state index in [0.717, 1.165) is 6.42 Å². The van der Waals surface area contributed by atoms with Gasteiger partial charge in [-0.3, -0.25) is 10.1 Å². The Kier molecular flexibility index (Phi) is 5.72. The Balaban J connectivity index is 3.95. The van der Waals surface area contributed by atoms with Crippen molar-refractivity contribution in [1.29, 1.82) is 0 Å². The van der Waals surface area contributed by atoms with E-state index in [1.807, 2.05) is 20.8 Å². The molecule has 0 aliphatic carbocycles. The maximum absolute atomic E-state index is 11.5. The summed E-state index contributed by atoms with van der Waals surface area (Å²) < 4.78 is 5.27. The zero-order chi connectivity index (χ0) is 11.2. The fourth-order valence-electron chi connectivity index (χ4n) is 0.792. The maximum Gasteiger partial charge on any atom is 0.309 e. The molecular weight excluding hydrogens is 184 g/mol. The van der Waals surface area contributed by atoms with Gasteiger partial charge < -0.3 is 4.74 Å². The van der Waals surface area contributed by atoms with E-state index in [9.17, 15) is 4.79 Å². The minimum Gasteiger partial charge on any atom is -0.459 e. The van der Waals surface area contributed by atoms with Gasteiger partial charge in [0, 0.05) is 0 Å². The predicted molar refractivity (Wildman–Crippen MR) is 52.8 cm³/mol. The summed E-state index contributed by atoms with van der Waals surface area (Å²) in [5.74, 6) is -0.484. The largest absolute Gasteiger partial charge is 0.459 e. The molecule has 1 N–H and O–H groups in total. The Labute approximate surface area is 85.1 Å². The van der Waals surface area contributed by atoms with E-state index in [1.165, 1.54) is 0 Å². The minimum absolute atomic E-state index is 0.156. The molecular formula is C10H20O4. The van der Waals surface area contributed by atoms with Crippen molar-refractivity contribution in [3.8, 4) is 0 Å². The van der Waals surface area contributed by atoms with Crippen LogP contribution in [0.1, 0.15) is 40.5 Å². The van der Waals surface area contributed by atoms with Crippen LogP contribution in [0.2, 0.25) is 0 Å². The van der Waals surface area contributed by atoms with Crippen molar-refractivity contribution in [2.24, 2.45) is 5.92 Å². The first-order valence-electron chi connectivity index (χ1n) is 4.92. The van der Waals surface area contributed by atoms with Gasteiger partial charge in [0.1, 0.15) is 5.60 Å². The number of rotatable bonds is 6. The normalized spacial score (nSPS) is 13.8. The van der Waals surface area contributed by atoms with E-state index in [-0.39, 0.29) is 18.5 Å². The topological polar surface area (TPSA) is 55.8 Å². The highest BCUT2D eigenvalue weighted by atomic mass is 17.1. The molecule has 0 bridgehead atoms. The highest BCUT2D eigenvalue weighted by Crippen LogP contribution is 2.17. The van der Waals surface area contributed by atoms with Crippen molar-refractivity contribution in [2.45, 2.75) is 46.1 Å². The van der Waals surface area contributed by atoms with E-state index in [2.05, 4.69) is 4.89 Å². The van der Waals surface area contributed by atoms with Gasteiger partial charge in [0.2, 0.25) is 0 Å². The van der Waals surface area contributed by atoms with Crippen LogP contribution < -0.4 is 0 Å². The second-order valence-corrected chi connectivity index (χ2v) is 4.06. The van der Waals surface area contributed by atoms with Gasteiger partial charge >= 0.3 is 5.97 Å². The lowest BCUT2D eigenvalue weighted by Crippen LogP contribution is -2.30. The lowest BCUT2D eigenvalue weighted by Gasteiger charge is -2.25. The van der Waals surface area contributed by atoms with Crippen LogP contribution in [0.15, 0.2) is 0 Å². The van der Waals surface area contributed by atoms with Crippen LogP contribution in [0.5, 0.6) is 0 Å².